The standard InChI is InChI=1S/C23H26N2O4/c1-28-18(26)16-14-21-8-5-12-24-13-11-22(19(21)24)15-6-3-4-7-17(15)25(20(27)29-2)23(16,22)10-9-21/h3-4,6-7,14,19H,5,8-13H2,1-2H3. The fourth-order valence-electron chi connectivity index (χ4n) is 7.95. The number of hydrogen-bond acceptors (Lipinski definition) is 5. The summed E-state index contributed by atoms with van der Waals surface area (Å²) >= 11 is 0. The lowest BCUT2D eigenvalue weighted by Gasteiger charge is -2.66. The zero-order valence-electron chi connectivity index (χ0n) is 16.9. The molecule has 3 spiro atoms. The maximum absolute atomic E-state index is 13.2. The Morgan fingerprint density at radius 1 is 1.03 bits per heavy atom. The maximum atomic E-state index is 13.2. The molecule has 1 aromatic carbocycles. The fraction of sp³-hybridized carbons (Fsp3) is 0.565. The van der Waals surface area contributed by atoms with Crippen LogP contribution in [0.5, 0.6) is 0 Å². The third-order valence-electron chi connectivity index (χ3n) is 8.59. The van der Waals surface area contributed by atoms with Crippen LogP contribution in [0.25, 0.3) is 0 Å². The summed E-state index contributed by atoms with van der Waals surface area (Å²) in [4.78, 5) is 30.8. The fourth-order valence-corrected chi connectivity index (χ4v) is 7.95. The van der Waals surface area contributed by atoms with Crippen LogP contribution in [0.15, 0.2) is 35.9 Å². The number of nitrogens with zero attached hydrogens (tertiary/aromatic N) is 2. The molecule has 6 nitrogen and oxygen atoms in total. The molecule has 3 fully saturated rings. The lowest BCUT2D eigenvalue weighted by atomic mass is 9.42. The van der Waals surface area contributed by atoms with E-state index in [1.54, 1.807) is 4.90 Å². The molecule has 6 heteroatoms. The number of para-hydroxylation sites is 1. The lowest BCUT2D eigenvalue weighted by molar-refractivity contribution is -0.139. The molecule has 4 unspecified atom stereocenters. The average molecular weight is 394 g/mol. The van der Waals surface area contributed by atoms with Gasteiger partial charge in [-0.15, -0.1) is 0 Å². The number of rotatable bonds is 1. The number of amides is 1. The van der Waals surface area contributed by atoms with Gasteiger partial charge in [-0.2, -0.15) is 0 Å². The molecule has 2 bridgehead atoms. The quantitative estimate of drug-likeness (QED) is 0.686. The Hall–Kier alpha value is -2.34. The second-order valence-corrected chi connectivity index (χ2v) is 9.23. The number of ether oxygens (including phenoxy) is 2. The van der Waals surface area contributed by atoms with Crippen molar-refractivity contribution in [2.24, 2.45) is 5.41 Å². The van der Waals surface area contributed by atoms with Crippen LogP contribution in [0, 0.1) is 5.41 Å². The Morgan fingerprint density at radius 3 is 2.66 bits per heavy atom. The van der Waals surface area contributed by atoms with Crippen LogP contribution in [-0.2, 0) is 19.7 Å². The number of fused-ring (bicyclic) bond motifs is 2. The van der Waals surface area contributed by atoms with Crippen LogP contribution in [-0.4, -0.2) is 55.9 Å². The predicted molar refractivity (Wildman–Crippen MR) is 107 cm³/mol. The molecule has 3 aliphatic carbocycles. The number of anilines is 1. The summed E-state index contributed by atoms with van der Waals surface area (Å²) in [6.45, 7) is 2.09. The van der Waals surface area contributed by atoms with Crippen molar-refractivity contribution in [2.75, 3.05) is 32.2 Å². The second-order valence-electron chi connectivity index (χ2n) is 9.23. The zero-order valence-corrected chi connectivity index (χ0v) is 16.9. The van der Waals surface area contributed by atoms with E-state index in [9.17, 15) is 9.59 Å². The number of methoxy groups -OCH3 is 2. The molecule has 1 saturated carbocycles. The SMILES string of the molecule is COC(=O)C1=CC23CCCN4CCC5(c6ccccc6N(C(=O)OC)C15CC2)C43. The van der Waals surface area contributed by atoms with Crippen molar-refractivity contribution in [3.8, 4) is 0 Å². The van der Waals surface area contributed by atoms with E-state index in [0.717, 1.165) is 50.9 Å². The van der Waals surface area contributed by atoms with Gasteiger partial charge in [0.15, 0.2) is 0 Å². The first kappa shape index (κ1) is 17.5. The monoisotopic (exact) mass is 394 g/mol. The Labute approximate surface area is 170 Å². The van der Waals surface area contributed by atoms with Gasteiger partial charge < -0.3 is 9.47 Å². The van der Waals surface area contributed by atoms with Crippen LogP contribution in [0.4, 0.5) is 10.5 Å². The van der Waals surface area contributed by atoms with E-state index in [-0.39, 0.29) is 16.8 Å². The minimum absolute atomic E-state index is 0.0285. The molecule has 152 valence electrons. The molecule has 7 rings (SSSR count). The van der Waals surface area contributed by atoms with Crippen LogP contribution >= 0.6 is 0 Å². The Kier molecular flexibility index (Phi) is 3.27. The highest BCUT2D eigenvalue weighted by molar-refractivity contribution is 6.03. The predicted octanol–water partition coefficient (Wildman–Crippen LogP) is 3.01. The molecule has 29 heavy (non-hydrogen) atoms. The van der Waals surface area contributed by atoms with Crippen molar-refractivity contribution in [2.45, 2.75) is 49.1 Å². The van der Waals surface area contributed by atoms with Gasteiger partial charge in [-0.3, -0.25) is 9.80 Å². The van der Waals surface area contributed by atoms with Crippen molar-refractivity contribution in [3.63, 3.8) is 0 Å². The largest absolute Gasteiger partial charge is 0.466 e. The number of esters is 1. The van der Waals surface area contributed by atoms with Crippen molar-refractivity contribution in [1.29, 1.82) is 0 Å². The number of hydrogen-bond donors (Lipinski definition) is 0. The summed E-state index contributed by atoms with van der Waals surface area (Å²) in [7, 11) is 2.86. The molecule has 2 saturated heterocycles. The molecule has 3 heterocycles. The van der Waals surface area contributed by atoms with Crippen molar-refractivity contribution >= 4 is 17.7 Å². The van der Waals surface area contributed by atoms with Gasteiger partial charge in [0.1, 0.15) is 0 Å². The first-order valence-corrected chi connectivity index (χ1v) is 10.6. The highest BCUT2D eigenvalue weighted by atomic mass is 16.5. The summed E-state index contributed by atoms with van der Waals surface area (Å²) < 4.78 is 10.6. The number of carbonyl (C=O) groups is 2. The smallest absolute Gasteiger partial charge is 0.414 e. The summed E-state index contributed by atoms with van der Waals surface area (Å²) in [5.74, 6) is -0.312. The van der Waals surface area contributed by atoms with E-state index in [0.29, 0.717) is 11.6 Å². The molecule has 0 aromatic heterocycles. The van der Waals surface area contributed by atoms with Crippen LogP contribution in [0.1, 0.15) is 37.7 Å². The number of benzene rings is 1. The summed E-state index contributed by atoms with van der Waals surface area (Å²) in [6.07, 6.45) is 6.73. The Balaban J connectivity index is 1.73. The van der Waals surface area contributed by atoms with E-state index in [1.807, 2.05) is 12.1 Å². The highest BCUT2D eigenvalue weighted by Crippen LogP contribution is 2.74. The van der Waals surface area contributed by atoms with Gasteiger partial charge in [0.05, 0.1) is 31.0 Å². The maximum Gasteiger partial charge on any atom is 0.414 e. The van der Waals surface area contributed by atoms with Crippen LogP contribution in [0.3, 0.4) is 0 Å². The summed E-state index contributed by atoms with van der Waals surface area (Å²) in [5.41, 5.74) is 1.68. The molecule has 6 aliphatic rings. The van der Waals surface area contributed by atoms with Gasteiger partial charge in [-0.05, 0) is 56.8 Å². The van der Waals surface area contributed by atoms with Crippen LogP contribution in [0.2, 0.25) is 0 Å². The molecule has 4 atom stereocenters. The third-order valence-corrected chi connectivity index (χ3v) is 8.59. The van der Waals surface area contributed by atoms with E-state index >= 15 is 0 Å². The molecular weight excluding hydrogens is 368 g/mol. The van der Waals surface area contributed by atoms with Crippen molar-refractivity contribution in [3.05, 3.63) is 41.5 Å². The average Bonchev–Trinajstić information content (AvgIpc) is 3.29. The van der Waals surface area contributed by atoms with E-state index in [4.69, 9.17) is 9.47 Å². The van der Waals surface area contributed by atoms with E-state index in [2.05, 4.69) is 23.1 Å². The first-order chi connectivity index (χ1) is 14.1. The zero-order chi connectivity index (χ0) is 20.0. The lowest BCUT2D eigenvalue weighted by Crippen LogP contribution is -2.75. The molecule has 3 aliphatic heterocycles. The molecule has 1 aromatic rings. The molecule has 0 N–H and O–H groups in total. The van der Waals surface area contributed by atoms with E-state index in [1.165, 1.54) is 19.8 Å². The van der Waals surface area contributed by atoms with Crippen molar-refractivity contribution < 1.29 is 19.1 Å². The number of piperidine rings is 1. The molecule has 0 radical (unpaired) electrons. The first-order valence-electron chi connectivity index (χ1n) is 10.6. The van der Waals surface area contributed by atoms with Gasteiger partial charge in [0.25, 0.3) is 0 Å². The van der Waals surface area contributed by atoms with Crippen molar-refractivity contribution in [1.82, 2.24) is 4.90 Å². The second kappa shape index (κ2) is 5.42. The third kappa shape index (κ3) is 1.67. The molecular formula is C23H26N2O4. The Morgan fingerprint density at radius 2 is 1.86 bits per heavy atom. The van der Waals surface area contributed by atoms with Crippen LogP contribution < -0.4 is 4.90 Å². The normalized spacial score (nSPS) is 38.8. The number of carbonyl (C=O) groups excluding carboxylic acids is 2. The minimum atomic E-state index is -0.741. The Bertz CT molecular complexity index is 973. The topological polar surface area (TPSA) is 59.1 Å². The summed E-state index contributed by atoms with van der Waals surface area (Å²) in [6, 6.07) is 8.51. The molecule has 1 amide bonds. The van der Waals surface area contributed by atoms with Gasteiger partial charge in [-0.1, -0.05) is 24.3 Å². The van der Waals surface area contributed by atoms with Gasteiger partial charge >= 0.3 is 12.1 Å². The summed E-state index contributed by atoms with van der Waals surface area (Å²) in [5, 5.41) is 0. The van der Waals surface area contributed by atoms with Gasteiger partial charge in [0.2, 0.25) is 0 Å². The van der Waals surface area contributed by atoms with E-state index < -0.39 is 11.6 Å². The van der Waals surface area contributed by atoms with Gasteiger partial charge in [0, 0.05) is 16.9 Å². The van der Waals surface area contributed by atoms with Gasteiger partial charge in [-0.25, -0.2) is 9.59 Å². The highest BCUT2D eigenvalue weighted by Gasteiger charge is 2.79. The minimum Gasteiger partial charge on any atom is -0.466 e.